The molecule has 11 nitrogen and oxygen atoms in total. The van der Waals surface area contributed by atoms with Gasteiger partial charge in [0.05, 0.1) is 21.5 Å². The SMILES string of the molecule is C=CC(OS(=O)(=O)c1ccc(C)cc1)[C@H]1O[C@@H](n2cc(Br)c(=O)[nH]c2=O)C[C@@H]1N=[N+]=[N-]. The summed E-state index contributed by atoms with van der Waals surface area (Å²) in [5.74, 6) is 0. The Balaban J connectivity index is 1.91. The zero-order valence-corrected chi connectivity index (χ0v) is 18.6. The van der Waals surface area contributed by atoms with Gasteiger partial charge in [-0.25, -0.2) is 4.79 Å². The number of benzene rings is 1. The third kappa shape index (κ3) is 4.97. The molecule has 0 spiro atoms. The van der Waals surface area contributed by atoms with Crippen molar-refractivity contribution in [3.63, 3.8) is 0 Å². The first kappa shape index (κ1) is 23.0. The fourth-order valence-corrected chi connectivity index (χ4v) is 4.51. The number of aryl methyl sites for hydroxylation is 1. The van der Waals surface area contributed by atoms with Crippen LogP contribution in [0.3, 0.4) is 0 Å². The van der Waals surface area contributed by atoms with Gasteiger partial charge in [-0.15, -0.1) is 6.58 Å². The molecule has 1 fully saturated rings. The van der Waals surface area contributed by atoms with Crippen molar-refractivity contribution in [2.75, 3.05) is 0 Å². The van der Waals surface area contributed by atoms with E-state index >= 15 is 0 Å². The molecule has 1 aliphatic heterocycles. The van der Waals surface area contributed by atoms with Gasteiger partial charge in [-0.2, -0.15) is 8.42 Å². The minimum absolute atomic E-state index is 0.0470. The Labute approximate surface area is 185 Å². The van der Waals surface area contributed by atoms with Crippen LogP contribution >= 0.6 is 15.9 Å². The number of azide groups is 1. The number of hydrogen-bond donors (Lipinski definition) is 1. The largest absolute Gasteiger partial charge is 0.351 e. The summed E-state index contributed by atoms with van der Waals surface area (Å²) in [5, 5.41) is 3.67. The van der Waals surface area contributed by atoms with Crippen molar-refractivity contribution in [3.05, 3.63) is 84.4 Å². The van der Waals surface area contributed by atoms with Gasteiger partial charge in [-0.1, -0.05) is 28.9 Å². The number of halogens is 1. The highest BCUT2D eigenvalue weighted by molar-refractivity contribution is 9.10. The van der Waals surface area contributed by atoms with Gasteiger partial charge in [0.1, 0.15) is 12.3 Å². The topological polar surface area (TPSA) is 156 Å². The van der Waals surface area contributed by atoms with E-state index in [0.717, 1.165) is 10.1 Å². The highest BCUT2D eigenvalue weighted by Crippen LogP contribution is 2.34. The van der Waals surface area contributed by atoms with Crippen LogP contribution in [0, 0.1) is 6.92 Å². The maximum Gasteiger partial charge on any atom is 0.330 e. The standard InChI is InChI=1S/C18H18BrN5O6S/c1-3-14(30-31(27,28)11-6-4-10(2)5-7-11)16-13(22-23-20)8-15(29-16)24-9-12(19)17(25)21-18(24)26/h3-7,9,13-16H,1,8H2,2H3,(H,21,25,26)/t13-,14?,15+,16-/m0/s1. The Bertz CT molecular complexity index is 1250. The number of rotatable bonds is 7. The van der Waals surface area contributed by atoms with Gasteiger partial charge < -0.3 is 4.74 Å². The van der Waals surface area contributed by atoms with E-state index in [1.165, 1.54) is 24.4 Å². The van der Waals surface area contributed by atoms with Gasteiger partial charge in [0.15, 0.2) is 0 Å². The first-order chi connectivity index (χ1) is 14.7. The predicted octanol–water partition coefficient (Wildman–Crippen LogP) is 2.53. The van der Waals surface area contributed by atoms with Crippen molar-refractivity contribution in [1.82, 2.24) is 9.55 Å². The molecule has 2 aromatic rings. The minimum Gasteiger partial charge on any atom is -0.351 e. The average Bonchev–Trinajstić information content (AvgIpc) is 3.13. The summed E-state index contributed by atoms with van der Waals surface area (Å²) in [6.07, 6.45) is -0.664. The summed E-state index contributed by atoms with van der Waals surface area (Å²) in [5.41, 5.74) is 8.45. The van der Waals surface area contributed by atoms with Crippen LogP contribution < -0.4 is 11.2 Å². The zero-order chi connectivity index (χ0) is 22.8. The summed E-state index contributed by atoms with van der Waals surface area (Å²) in [6.45, 7) is 5.42. The van der Waals surface area contributed by atoms with Gasteiger partial charge in [0.2, 0.25) is 0 Å². The van der Waals surface area contributed by atoms with E-state index in [1.54, 1.807) is 12.1 Å². The molecule has 1 unspecified atom stereocenters. The van der Waals surface area contributed by atoms with Crippen molar-refractivity contribution in [2.24, 2.45) is 5.11 Å². The van der Waals surface area contributed by atoms with Crippen LogP contribution in [0.4, 0.5) is 0 Å². The molecule has 164 valence electrons. The Morgan fingerprint density at radius 2 is 2.10 bits per heavy atom. The van der Waals surface area contributed by atoms with E-state index < -0.39 is 45.8 Å². The van der Waals surface area contributed by atoms with Crippen LogP contribution in [0.2, 0.25) is 0 Å². The average molecular weight is 512 g/mol. The molecule has 0 radical (unpaired) electrons. The van der Waals surface area contributed by atoms with Gasteiger partial charge >= 0.3 is 5.69 Å². The number of nitrogens with zero attached hydrogens (tertiary/aromatic N) is 4. The van der Waals surface area contributed by atoms with Crippen molar-refractivity contribution >= 4 is 26.0 Å². The van der Waals surface area contributed by atoms with Crippen LogP contribution in [-0.2, 0) is 19.0 Å². The van der Waals surface area contributed by atoms with E-state index in [0.29, 0.717) is 0 Å². The normalized spacial score (nSPS) is 21.9. The van der Waals surface area contributed by atoms with Crippen LogP contribution in [0.15, 0.2) is 67.2 Å². The number of ether oxygens (including phenoxy) is 1. The lowest BCUT2D eigenvalue weighted by atomic mass is 10.1. The second-order valence-electron chi connectivity index (χ2n) is 6.77. The molecule has 0 amide bonds. The molecule has 4 atom stereocenters. The highest BCUT2D eigenvalue weighted by Gasteiger charge is 2.42. The van der Waals surface area contributed by atoms with E-state index in [9.17, 15) is 18.0 Å². The van der Waals surface area contributed by atoms with Crippen molar-refractivity contribution in [3.8, 4) is 0 Å². The van der Waals surface area contributed by atoms with Crippen LogP contribution in [0.5, 0.6) is 0 Å². The first-order valence-corrected chi connectivity index (χ1v) is 11.2. The number of H-pyrrole nitrogens is 1. The fraction of sp³-hybridized carbons (Fsp3) is 0.333. The lowest BCUT2D eigenvalue weighted by molar-refractivity contribution is -0.0404. The third-order valence-electron chi connectivity index (χ3n) is 4.67. The molecule has 1 saturated heterocycles. The molecule has 31 heavy (non-hydrogen) atoms. The number of aromatic amines is 1. The van der Waals surface area contributed by atoms with Gasteiger partial charge in [-0.05, 0) is 40.5 Å². The summed E-state index contributed by atoms with van der Waals surface area (Å²) in [6, 6.07) is 5.22. The second-order valence-corrected chi connectivity index (χ2v) is 9.20. The lowest BCUT2D eigenvalue weighted by Gasteiger charge is -2.23. The second kappa shape index (κ2) is 9.20. The molecule has 0 bridgehead atoms. The number of aromatic nitrogens is 2. The molecule has 1 N–H and O–H groups in total. The van der Waals surface area contributed by atoms with Crippen LogP contribution in [0.1, 0.15) is 18.2 Å². The number of nitrogens with one attached hydrogen (secondary N) is 1. The summed E-state index contributed by atoms with van der Waals surface area (Å²) >= 11 is 3.04. The van der Waals surface area contributed by atoms with E-state index in [-0.39, 0.29) is 15.8 Å². The quantitative estimate of drug-likeness (QED) is 0.198. The van der Waals surface area contributed by atoms with Gasteiger partial charge in [0, 0.05) is 17.5 Å². The van der Waals surface area contributed by atoms with Crippen molar-refractivity contribution < 1.29 is 17.3 Å². The molecule has 1 aromatic heterocycles. The maximum atomic E-state index is 12.7. The molecule has 1 aromatic carbocycles. The van der Waals surface area contributed by atoms with Crippen LogP contribution in [0.25, 0.3) is 10.4 Å². The molecular weight excluding hydrogens is 494 g/mol. The Hall–Kier alpha value is -2.70. The fourth-order valence-electron chi connectivity index (χ4n) is 3.13. The number of hydrogen-bond acceptors (Lipinski definition) is 7. The molecule has 3 rings (SSSR count). The van der Waals surface area contributed by atoms with Crippen molar-refractivity contribution in [1.29, 1.82) is 0 Å². The smallest absolute Gasteiger partial charge is 0.330 e. The van der Waals surface area contributed by atoms with Crippen LogP contribution in [-0.4, -0.2) is 36.2 Å². The lowest BCUT2D eigenvalue weighted by Crippen LogP contribution is -2.36. The molecule has 2 heterocycles. The van der Waals surface area contributed by atoms with Gasteiger partial charge in [0.25, 0.3) is 15.7 Å². The third-order valence-corrected chi connectivity index (χ3v) is 6.56. The van der Waals surface area contributed by atoms with E-state index in [1.807, 2.05) is 6.92 Å². The maximum absolute atomic E-state index is 12.7. The monoisotopic (exact) mass is 511 g/mol. The Morgan fingerprint density at radius 1 is 1.42 bits per heavy atom. The Kier molecular flexibility index (Phi) is 6.82. The highest BCUT2D eigenvalue weighted by atomic mass is 79.9. The van der Waals surface area contributed by atoms with Gasteiger partial charge in [-0.3, -0.25) is 18.5 Å². The molecular formula is C18H18BrN5O6S. The summed E-state index contributed by atoms with van der Waals surface area (Å²) < 4.78 is 37.7. The van der Waals surface area contributed by atoms with E-state index in [4.69, 9.17) is 14.5 Å². The summed E-state index contributed by atoms with van der Waals surface area (Å²) in [7, 11) is -4.18. The molecule has 13 heteroatoms. The predicted molar refractivity (Wildman–Crippen MR) is 114 cm³/mol. The first-order valence-electron chi connectivity index (χ1n) is 8.99. The molecule has 1 aliphatic rings. The molecule has 0 saturated carbocycles. The van der Waals surface area contributed by atoms with Crippen molar-refractivity contribution in [2.45, 2.75) is 42.7 Å². The van der Waals surface area contributed by atoms with E-state index in [2.05, 4.69) is 37.5 Å². The molecule has 0 aliphatic carbocycles. The Morgan fingerprint density at radius 3 is 2.71 bits per heavy atom. The zero-order valence-electron chi connectivity index (χ0n) is 16.2. The minimum atomic E-state index is -4.18. The summed E-state index contributed by atoms with van der Waals surface area (Å²) in [4.78, 5) is 28.6.